The third-order valence-corrected chi connectivity index (χ3v) is 3.90. The van der Waals surface area contributed by atoms with Crippen LogP contribution in [0.4, 0.5) is 8.78 Å². The van der Waals surface area contributed by atoms with E-state index >= 15 is 0 Å². The van der Waals surface area contributed by atoms with Crippen LogP contribution >= 0.6 is 11.6 Å². The highest BCUT2D eigenvalue weighted by atomic mass is 35.5. The zero-order valence-electron chi connectivity index (χ0n) is 11.8. The van der Waals surface area contributed by atoms with Crippen LogP contribution in [0.5, 0.6) is 5.75 Å². The Labute approximate surface area is 134 Å². The van der Waals surface area contributed by atoms with E-state index in [9.17, 15) is 18.7 Å². The van der Waals surface area contributed by atoms with E-state index in [-0.39, 0.29) is 28.8 Å². The van der Waals surface area contributed by atoms with E-state index in [1.807, 2.05) is 0 Å². The van der Waals surface area contributed by atoms with Crippen molar-refractivity contribution in [2.45, 2.75) is 31.6 Å². The number of carboxylic acid groups (broad SMARTS) is 1. The fourth-order valence-corrected chi connectivity index (χ4v) is 2.69. The van der Waals surface area contributed by atoms with E-state index in [1.165, 1.54) is 6.07 Å². The van der Waals surface area contributed by atoms with Crippen LogP contribution < -0.4 is 4.74 Å². The lowest BCUT2D eigenvalue weighted by molar-refractivity contribution is -0.0589. The molecule has 0 bridgehead atoms. The Morgan fingerprint density at radius 1 is 1.57 bits per heavy atom. The average molecular weight is 347 g/mol. The minimum absolute atomic E-state index is 0.0256. The normalized spacial score (nSPS) is 17.5. The molecular weight excluding hydrogens is 334 g/mol. The first-order chi connectivity index (χ1) is 11.0. The van der Waals surface area contributed by atoms with Crippen molar-refractivity contribution in [3.05, 3.63) is 23.5 Å². The van der Waals surface area contributed by atoms with Gasteiger partial charge in [0.2, 0.25) is 0 Å². The van der Waals surface area contributed by atoms with Gasteiger partial charge in [0.1, 0.15) is 11.3 Å². The lowest BCUT2D eigenvalue weighted by Gasteiger charge is -2.27. The van der Waals surface area contributed by atoms with Crippen LogP contribution in [0.1, 0.15) is 22.6 Å². The standard InChI is InChI=1S/C14H13ClF2N2O4/c15-5-11-18-12-9(19(11)6-8-1-2-22-8)3-7(13(20)21)4-10(12)23-14(16)17/h3-4,8,14H,1-2,5-6H2,(H,20,21). The van der Waals surface area contributed by atoms with Crippen molar-refractivity contribution in [3.8, 4) is 5.75 Å². The maximum atomic E-state index is 12.6. The van der Waals surface area contributed by atoms with Crippen LogP contribution in [0.2, 0.25) is 0 Å². The summed E-state index contributed by atoms with van der Waals surface area (Å²) in [7, 11) is 0. The molecule has 1 fully saturated rings. The zero-order chi connectivity index (χ0) is 16.6. The first-order valence-corrected chi connectivity index (χ1v) is 7.42. The number of benzene rings is 1. The summed E-state index contributed by atoms with van der Waals surface area (Å²) in [5, 5.41) is 9.17. The molecule has 1 aliphatic rings. The first-order valence-electron chi connectivity index (χ1n) is 6.88. The zero-order valence-corrected chi connectivity index (χ0v) is 12.6. The highest BCUT2D eigenvalue weighted by Gasteiger charge is 2.24. The van der Waals surface area contributed by atoms with Crippen LogP contribution in [0.3, 0.4) is 0 Å². The molecule has 1 aliphatic heterocycles. The van der Waals surface area contributed by atoms with Crippen molar-refractivity contribution in [2.75, 3.05) is 6.61 Å². The maximum Gasteiger partial charge on any atom is 0.387 e. The maximum absolute atomic E-state index is 12.6. The Morgan fingerprint density at radius 3 is 2.83 bits per heavy atom. The van der Waals surface area contributed by atoms with E-state index in [1.54, 1.807) is 4.57 Å². The molecule has 0 amide bonds. The molecule has 124 valence electrons. The summed E-state index contributed by atoms with van der Waals surface area (Å²) in [6, 6.07) is 2.41. The monoisotopic (exact) mass is 346 g/mol. The van der Waals surface area contributed by atoms with Crippen molar-refractivity contribution in [1.29, 1.82) is 0 Å². The fourth-order valence-electron chi connectivity index (χ4n) is 2.49. The third-order valence-electron chi connectivity index (χ3n) is 3.66. The third kappa shape index (κ3) is 3.09. The summed E-state index contributed by atoms with van der Waals surface area (Å²) in [4.78, 5) is 15.5. The number of halogens is 3. The second-order valence-corrected chi connectivity index (χ2v) is 5.35. The van der Waals surface area contributed by atoms with E-state index in [0.29, 0.717) is 24.5 Å². The number of imidazole rings is 1. The smallest absolute Gasteiger partial charge is 0.387 e. The lowest BCUT2D eigenvalue weighted by atomic mass is 10.1. The number of aromatic carboxylic acids is 1. The largest absolute Gasteiger partial charge is 0.478 e. The van der Waals surface area contributed by atoms with Gasteiger partial charge in [-0.2, -0.15) is 8.78 Å². The lowest BCUT2D eigenvalue weighted by Crippen LogP contribution is -2.31. The van der Waals surface area contributed by atoms with Gasteiger partial charge in [0, 0.05) is 6.61 Å². The molecular formula is C14H13ClF2N2O4. The fraction of sp³-hybridized carbons (Fsp3) is 0.429. The molecule has 1 aromatic carbocycles. The number of fused-ring (bicyclic) bond motifs is 1. The molecule has 9 heteroatoms. The number of ether oxygens (including phenoxy) is 2. The average Bonchev–Trinajstić information content (AvgIpc) is 2.80. The van der Waals surface area contributed by atoms with E-state index < -0.39 is 12.6 Å². The Kier molecular flexibility index (Phi) is 4.36. The number of carbonyl (C=O) groups is 1. The Bertz CT molecular complexity index is 746. The Morgan fingerprint density at radius 2 is 2.30 bits per heavy atom. The molecule has 1 N–H and O–H groups in total. The van der Waals surface area contributed by atoms with Crippen LogP contribution in [-0.4, -0.2) is 39.9 Å². The molecule has 2 aromatic rings. The van der Waals surface area contributed by atoms with Gasteiger partial charge in [-0.25, -0.2) is 9.78 Å². The molecule has 6 nitrogen and oxygen atoms in total. The summed E-state index contributed by atoms with van der Waals surface area (Å²) in [6.45, 7) is -1.99. The van der Waals surface area contributed by atoms with E-state index in [4.69, 9.17) is 16.3 Å². The number of nitrogens with zero attached hydrogens (tertiary/aromatic N) is 2. The highest BCUT2D eigenvalue weighted by Crippen LogP contribution is 2.31. The predicted molar refractivity (Wildman–Crippen MR) is 77.2 cm³/mol. The molecule has 0 spiro atoms. The minimum atomic E-state index is -3.08. The van der Waals surface area contributed by atoms with Crippen LogP contribution in [0.15, 0.2) is 12.1 Å². The molecule has 0 radical (unpaired) electrons. The Hall–Kier alpha value is -1.93. The molecule has 23 heavy (non-hydrogen) atoms. The number of hydrogen-bond acceptors (Lipinski definition) is 4. The molecule has 2 heterocycles. The van der Waals surface area contributed by atoms with Crippen molar-refractivity contribution in [1.82, 2.24) is 9.55 Å². The Balaban J connectivity index is 2.15. The molecule has 1 aromatic heterocycles. The van der Waals surface area contributed by atoms with Gasteiger partial charge in [-0.05, 0) is 18.6 Å². The molecule has 0 saturated carbocycles. The van der Waals surface area contributed by atoms with Gasteiger partial charge in [-0.3, -0.25) is 0 Å². The van der Waals surface area contributed by atoms with Gasteiger partial charge in [-0.15, -0.1) is 11.6 Å². The van der Waals surface area contributed by atoms with Crippen molar-refractivity contribution >= 4 is 28.6 Å². The van der Waals surface area contributed by atoms with Crippen molar-refractivity contribution in [3.63, 3.8) is 0 Å². The summed E-state index contributed by atoms with van der Waals surface area (Å²) in [6.07, 6.45) is 0.836. The predicted octanol–water partition coefficient (Wildman–Crippen LogP) is 2.86. The van der Waals surface area contributed by atoms with Gasteiger partial charge >= 0.3 is 12.6 Å². The topological polar surface area (TPSA) is 73.6 Å². The van der Waals surface area contributed by atoms with Gasteiger partial charge in [0.05, 0.1) is 29.6 Å². The molecule has 0 aliphatic carbocycles. The van der Waals surface area contributed by atoms with E-state index in [0.717, 1.165) is 12.5 Å². The second kappa shape index (κ2) is 6.29. The summed E-state index contributed by atoms with van der Waals surface area (Å²) >= 11 is 5.88. The number of aromatic nitrogens is 2. The minimum Gasteiger partial charge on any atom is -0.478 e. The van der Waals surface area contributed by atoms with Gasteiger partial charge < -0.3 is 19.1 Å². The first kappa shape index (κ1) is 15.9. The van der Waals surface area contributed by atoms with E-state index in [2.05, 4.69) is 9.72 Å². The quantitative estimate of drug-likeness (QED) is 0.814. The van der Waals surface area contributed by atoms with Crippen LogP contribution in [0.25, 0.3) is 11.0 Å². The number of alkyl halides is 3. The second-order valence-electron chi connectivity index (χ2n) is 5.08. The number of carboxylic acids is 1. The SMILES string of the molecule is O=C(O)c1cc(OC(F)F)c2nc(CCl)n(CC3CCO3)c2c1. The number of rotatable bonds is 6. The van der Waals surface area contributed by atoms with Crippen molar-refractivity contribution < 1.29 is 28.2 Å². The van der Waals surface area contributed by atoms with Crippen LogP contribution in [0, 0.1) is 0 Å². The van der Waals surface area contributed by atoms with Gasteiger partial charge in [0.25, 0.3) is 0 Å². The molecule has 1 atom stereocenters. The van der Waals surface area contributed by atoms with Crippen LogP contribution in [-0.2, 0) is 17.2 Å². The summed E-state index contributed by atoms with van der Waals surface area (Å²) in [5.41, 5.74) is 0.377. The van der Waals surface area contributed by atoms with Crippen molar-refractivity contribution in [2.24, 2.45) is 0 Å². The molecule has 1 saturated heterocycles. The summed E-state index contributed by atoms with van der Waals surface area (Å²) < 4.78 is 36.7. The highest BCUT2D eigenvalue weighted by molar-refractivity contribution is 6.17. The summed E-state index contributed by atoms with van der Waals surface area (Å²) in [5.74, 6) is -1.03. The van der Waals surface area contributed by atoms with Gasteiger partial charge in [0.15, 0.2) is 5.75 Å². The molecule has 1 unspecified atom stereocenters. The number of hydrogen-bond donors (Lipinski definition) is 1. The molecule has 3 rings (SSSR count). The van der Waals surface area contributed by atoms with Gasteiger partial charge in [-0.1, -0.05) is 0 Å².